The van der Waals surface area contributed by atoms with Crippen LogP contribution in [0.25, 0.3) is 0 Å². The minimum Gasteiger partial charge on any atom is -0.385 e. The molecule has 82 valence electrons. The van der Waals surface area contributed by atoms with Crippen LogP contribution in [-0.4, -0.2) is 11.4 Å². The van der Waals surface area contributed by atoms with Gasteiger partial charge in [-0.05, 0) is 42.9 Å². The van der Waals surface area contributed by atoms with Crippen LogP contribution in [0.3, 0.4) is 0 Å². The van der Waals surface area contributed by atoms with Crippen LogP contribution in [0.5, 0.6) is 0 Å². The summed E-state index contributed by atoms with van der Waals surface area (Å²) >= 11 is 7.70. The maximum absolute atomic E-state index is 10.4. The van der Waals surface area contributed by atoms with Crippen molar-refractivity contribution in [3.63, 3.8) is 0 Å². The molecule has 1 aromatic carbocycles. The minimum absolute atomic E-state index is 0.630. The van der Waals surface area contributed by atoms with Crippen LogP contribution in [0.4, 0.5) is 0 Å². The molecular formula is C12H15ClOS. The van der Waals surface area contributed by atoms with Crippen molar-refractivity contribution >= 4 is 23.4 Å². The third-order valence-electron chi connectivity index (χ3n) is 3.08. The molecule has 1 saturated carbocycles. The predicted molar refractivity (Wildman–Crippen MR) is 65.6 cm³/mol. The zero-order valence-corrected chi connectivity index (χ0v) is 10.4. The summed E-state index contributed by atoms with van der Waals surface area (Å²) in [6, 6.07) is 5.89. The van der Waals surface area contributed by atoms with Gasteiger partial charge in [0.2, 0.25) is 0 Å². The van der Waals surface area contributed by atoms with Gasteiger partial charge < -0.3 is 5.11 Å². The lowest BCUT2D eigenvalue weighted by molar-refractivity contribution is 0.0443. The molecule has 0 unspecified atom stereocenters. The molecule has 0 radical (unpaired) electrons. The fourth-order valence-corrected chi connectivity index (χ4v) is 2.99. The van der Waals surface area contributed by atoms with E-state index in [1.165, 1.54) is 0 Å². The molecule has 3 heteroatoms. The average Bonchev–Trinajstić information content (AvgIpc) is 2.65. The molecule has 0 bridgehead atoms. The molecule has 0 aromatic heterocycles. The van der Waals surface area contributed by atoms with Gasteiger partial charge in [0.25, 0.3) is 0 Å². The Hall–Kier alpha value is -0.180. The molecule has 1 aliphatic rings. The van der Waals surface area contributed by atoms with E-state index in [9.17, 15) is 5.11 Å². The molecule has 1 fully saturated rings. The van der Waals surface area contributed by atoms with Gasteiger partial charge in [-0.3, -0.25) is 0 Å². The van der Waals surface area contributed by atoms with Crippen molar-refractivity contribution in [2.24, 2.45) is 0 Å². The van der Waals surface area contributed by atoms with E-state index in [1.807, 2.05) is 18.4 Å². The van der Waals surface area contributed by atoms with E-state index >= 15 is 0 Å². The normalized spacial score (nSPS) is 19.4. The third-order valence-corrected chi connectivity index (χ3v) is 4.00. The Morgan fingerprint density at radius 3 is 2.53 bits per heavy atom. The second-order valence-electron chi connectivity index (χ2n) is 4.12. The molecule has 15 heavy (non-hydrogen) atoms. The summed E-state index contributed by atoms with van der Waals surface area (Å²) in [6.45, 7) is 0. The first-order chi connectivity index (χ1) is 7.14. The van der Waals surface area contributed by atoms with Crippen molar-refractivity contribution in [3.8, 4) is 0 Å². The molecule has 0 saturated heterocycles. The van der Waals surface area contributed by atoms with E-state index in [1.54, 1.807) is 11.8 Å². The molecule has 1 N–H and O–H groups in total. The second-order valence-corrected chi connectivity index (χ2v) is 5.43. The van der Waals surface area contributed by atoms with Crippen molar-refractivity contribution in [1.82, 2.24) is 0 Å². The molecule has 1 nitrogen and oxygen atoms in total. The van der Waals surface area contributed by atoms with E-state index in [0.29, 0.717) is 0 Å². The van der Waals surface area contributed by atoms with Crippen LogP contribution >= 0.6 is 23.4 Å². The quantitative estimate of drug-likeness (QED) is 0.796. The zero-order valence-electron chi connectivity index (χ0n) is 8.79. The van der Waals surface area contributed by atoms with Gasteiger partial charge in [-0.25, -0.2) is 0 Å². The zero-order chi connectivity index (χ0) is 10.9. The highest BCUT2D eigenvalue weighted by Gasteiger charge is 2.33. The summed E-state index contributed by atoms with van der Waals surface area (Å²) < 4.78 is 0. The molecule has 0 atom stereocenters. The van der Waals surface area contributed by atoms with Crippen molar-refractivity contribution in [2.75, 3.05) is 6.26 Å². The number of aliphatic hydroxyl groups is 1. The highest BCUT2D eigenvalue weighted by molar-refractivity contribution is 7.98. The van der Waals surface area contributed by atoms with E-state index < -0.39 is 5.60 Å². The maximum atomic E-state index is 10.4. The van der Waals surface area contributed by atoms with Crippen molar-refractivity contribution < 1.29 is 5.11 Å². The molecule has 0 heterocycles. The summed E-state index contributed by atoms with van der Waals surface area (Å²) in [5, 5.41) is 11.2. The van der Waals surface area contributed by atoms with Crippen LogP contribution in [-0.2, 0) is 5.60 Å². The smallest absolute Gasteiger partial charge is 0.0897 e. The van der Waals surface area contributed by atoms with Crippen LogP contribution in [0.2, 0.25) is 5.02 Å². The number of halogens is 1. The Bertz CT molecular complexity index is 359. The van der Waals surface area contributed by atoms with Gasteiger partial charge in [-0.1, -0.05) is 24.4 Å². The van der Waals surface area contributed by atoms with E-state index in [-0.39, 0.29) is 0 Å². The first-order valence-corrected chi connectivity index (χ1v) is 6.82. The largest absolute Gasteiger partial charge is 0.385 e. The van der Waals surface area contributed by atoms with Crippen LogP contribution in [0.1, 0.15) is 31.2 Å². The predicted octanol–water partition coefficient (Wildman–Crippen LogP) is 3.82. The Morgan fingerprint density at radius 2 is 1.93 bits per heavy atom. The summed E-state index contributed by atoms with van der Waals surface area (Å²) in [7, 11) is 0. The number of hydrogen-bond donors (Lipinski definition) is 1. The van der Waals surface area contributed by atoms with Crippen LogP contribution in [0, 0.1) is 0 Å². The Kier molecular flexibility index (Phi) is 3.29. The van der Waals surface area contributed by atoms with E-state index in [0.717, 1.165) is 41.2 Å². The average molecular weight is 243 g/mol. The van der Waals surface area contributed by atoms with Gasteiger partial charge in [0.15, 0.2) is 0 Å². The van der Waals surface area contributed by atoms with Crippen molar-refractivity contribution in [3.05, 3.63) is 28.8 Å². The molecule has 0 spiro atoms. The van der Waals surface area contributed by atoms with E-state index in [2.05, 4.69) is 6.07 Å². The van der Waals surface area contributed by atoms with Crippen LogP contribution < -0.4 is 0 Å². The lowest BCUT2D eigenvalue weighted by Crippen LogP contribution is -2.20. The summed E-state index contributed by atoms with van der Waals surface area (Å²) in [4.78, 5) is 1.12. The molecule has 0 aliphatic heterocycles. The Labute approximate surface area is 99.8 Å². The minimum atomic E-state index is -0.630. The fourth-order valence-electron chi connectivity index (χ4n) is 2.20. The van der Waals surface area contributed by atoms with Gasteiger partial charge in [0, 0.05) is 9.92 Å². The van der Waals surface area contributed by atoms with Gasteiger partial charge in [0.1, 0.15) is 0 Å². The van der Waals surface area contributed by atoms with Gasteiger partial charge in [0.05, 0.1) is 5.60 Å². The topological polar surface area (TPSA) is 20.2 Å². The van der Waals surface area contributed by atoms with Gasteiger partial charge in [-0.15, -0.1) is 11.8 Å². The molecule has 1 aliphatic carbocycles. The number of benzene rings is 1. The number of hydrogen-bond acceptors (Lipinski definition) is 2. The standard InChI is InChI=1S/C12H15ClOS/c1-15-11-7-9(6-10(13)8-11)12(14)4-2-3-5-12/h6-8,14H,2-5H2,1H3. The Balaban J connectivity index is 2.38. The molecular weight excluding hydrogens is 228 g/mol. The monoisotopic (exact) mass is 242 g/mol. The van der Waals surface area contributed by atoms with Crippen LogP contribution in [0.15, 0.2) is 23.1 Å². The van der Waals surface area contributed by atoms with Crippen molar-refractivity contribution in [1.29, 1.82) is 0 Å². The highest BCUT2D eigenvalue weighted by Crippen LogP contribution is 2.40. The third kappa shape index (κ3) is 2.32. The first-order valence-electron chi connectivity index (χ1n) is 5.21. The second kappa shape index (κ2) is 4.36. The van der Waals surface area contributed by atoms with E-state index in [4.69, 9.17) is 11.6 Å². The summed E-state index contributed by atoms with van der Waals surface area (Å²) in [5.41, 5.74) is 0.354. The fraction of sp³-hybridized carbons (Fsp3) is 0.500. The molecule has 0 amide bonds. The summed E-state index contributed by atoms with van der Waals surface area (Å²) in [6.07, 6.45) is 5.96. The van der Waals surface area contributed by atoms with Gasteiger partial charge in [-0.2, -0.15) is 0 Å². The maximum Gasteiger partial charge on any atom is 0.0897 e. The highest BCUT2D eigenvalue weighted by atomic mass is 35.5. The lowest BCUT2D eigenvalue weighted by Gasteiger charge is -2.23. The SMILES string of the molecule is CSc1cc(Cl)cc(C2(O)CCCC2)c1. The first kappa shape index (κ1) is 11.3. The number of rotatable bonds is 2. The summed E-state index contributed by atoms with van der Waals surface area (Å²) in [5.74, 6) is 0. The number of thioether (sulfide) groups is 1. The lowest BCUT2D eigenvalue weighted by atomic mass is 9.92. The van der Waals surface area contributed by atoms with Gasteiger partial charge >= 0.3 is 0 Å². The van der Waals surface area contributed by atoms with Crippen molar-refractivity contribution in [2.45, 2.75) is 36.2 Å². The molecule has 2 rings (SSSR count). The Morgan fingerprint density at radius 1 is 1.27 bits per heavy atom. The molecule has 1 aromatic rings.